The van der Waals surface area contributed by atoms with Gasteiger partial charge in [0, 0.05) is 61.5 Å². The van der Waals surface area contributed by atoms with Crippen molar-refractivity contribution in [3.8, 4) is 92.0 Å². The van der Waals surface area contributed by atoms with Gasteiger partial charge < -0.3 is 56.8 Å². The summed E-state index contributed by atoms with van der Waals surface area (Å²) < 4.78 is 74.2. The Morgan fingerprint density at radius 3 is 0.978 bits per heavy atom. The molecule has 16 heteroatoms. The van der Waals surface area contributed by atoms with Crippen molar-refractivity contribution in [3.63, 3.8) is 0 Å². The fraction of sp³-hybridized carbons (Fsp3) is 0.368. The van der Waals surface area contributed by atoms with Crippen molar-refractivity contribution >= 4 is 0 Å². The largest absolute Gasteiger partial charge is 0.493 e. The Balaban J connectivity index is 0.000000168. The normalized spacial score (nSPS) is 19.2. The van der Waals surface area contributed by atoms with Crippen molar-refractivity contribution in [2.75, 3.05) is 111 Å². The highest BCUT2D eigenvalue weighted by molar-refractivity contribution is 5.66. The maximum Gasteiger partial charge on any atom is 0.204 e. The Kier molecular flexibility index (Phi) is 17.8. The monoisotopic (exact) mass is 1240 g/mol. The summed E-state index contributed by atoms with van der Waals surface area (Å²) in [6, 6.07) is 42.4. The minimum atomic E-state index is 0.000437. The lowest BCUT2D eigenvalue weighted by molar-refractivity contribution is 0.220. The van der Waals surface area contributed by atoms with Crippen LogP contribution in [0.2, 0.25) is 0 Å². The van der Waals surface area contributed by atoms with Gasteiger partial charge in [0.2, 0.25) is 11.5 Å². The molecule has 0 fully saturated rings. The van der Waals surface area contributed by atoms with Crippen molar-refractivity contribution in [1.82, 2.24) is 19.6 Å². The number of fused-ring (bicyclic) bond motifs is 4. The second-order valence-corrected chi connectivity index (χ2v) is 24.9. The highest BCUT2D eigenvalue weighted by atomic mass is 16.6. The molecular formula is C76H84N4O12. The summed E-state index contributed by atoms with van der Waals surface area (Å²) >= 11 is 0. The molecule has 4 atom stereocenters. The lowest BCUT2D eigenvalue weighted by Gasteiger charge is -2.37. The average molecular weight is 1250 g/mol. The zero-order chi connectivity index (χ0) is 63.9. The van der Waals surface area contributed by atoms with Gasteiger partial charge in [0.25, 0.3) is 0 Å². The zero-order valence-electron chi connectivity index (χ0n) is 55.0. The number of nitrogens with zero attached hydrogens (tertiary/aromatic N) is 4. The first-order valence-corrected chi connectivity index (χ1v) is 31.8. The summed E-state index contributed by atoms with van der Waals surface area (Å²) in [6.07, 6.45) is 6.75. The molecule has 0 N–H and O–H groups in total. The molecule has 16 nitrogen and oxygen atoms in total. The van der Waals surface area contributed by atoms with Gasteiger partial charge in [-0.3, -0.25) is 19.6 Å². The van der Waals surface area contributed by atoms with Crippen molar-refractivity contribution in [2.45, 2.75) is 75.5 Å². The van der Waals surface area contributed by atoms with E-state index >= 15 is 0 Å². The number of benzene rings is 8. The van der Waals surface area contributed by atoms with Gasteiger partial charge in [0.05, 0.1) is 56.9 Å². The molecule has 0 saturated carbocycles. The molecule has 0 aliphatic carbocycles. The van der Waals surface area contributed by atoms with Crippen LogP contribution in [-0.2, 0) is 51.4 Å². The summed E-state index contributed by atoms with van der Waals surface area (Å²) in [4.78, 5) is 9.63. The van der Waals surface area contributed by atoms with Crippen LogP contribution in [0.5, 0.6) is 92.0 Å². The van der Waals surface area contributed by atoms with Gasteiger partial charge >= 0.3 is 0 Å². The van der Waals surface area contributed by atoms with Crippen LogP contribution in [0.4, 0.5) is 0 Å². The van der Waals surface area contributed by atoms with E-state index in [0.29, 0.717) is 80.5 Å². The second-order valence-electron chi connectivity index (χ2n) is 24.9. The fourth-order valence-electron chi connectivity index (χ4n) is 14.6. The number of rotatable bonds is 8. The third-order valence-electron chi connectivity index (χ3n) is 19.7. The predicted octanol–water partition coefficient (Wildman–Crippen LogP) is 14.3. The molecule has 92 heavy (non-hydrogen) atoms. The molecule has 0 spiro atoms. The van der Waals surface area contributed by atoms with E-state index in [0.717, 1.165) is 111 Å². The molecule has 0 unspecified atom stereocenters. The van der Waals surface area contributed by atoms with Crippen molar-refractivity contribution in [2.24, 2.45) is 0 Å². The SMILES string of the molecule is COc1ccc2cc1Oc1ccc(cc1)C[C@H]1c3cc(c(OC)cc3CCN1C)Oc1c(OC)c(OC)cc3c1[C@H](C2)N(C)CC3.COc1ccc2cc1Oc1ccc(cc1)C[C@H]1c3cc(c(OC)cc3CCN1C)Oc1c(OC)c(OC)cc3c1[C@H](C2)N(C)CC3. The number of methoxy groups -OCH3 is 8. The van der Waals surface area contributed by atoms with Gasteiger partial charge in [-0.15, -0.1) is 0 Å². The summed E-state index contributed by atoms with van der Waals surface area (Å²) in [5.74, 6) is 10.8. The minimum Gasteiger partial charge on any atom is -0.493 e. The van der Waals surface area contributed by atoms with Crippen LogP contribution in [0.1, 0.15) is 90.9 Å². The van der Waals surface area contributed by atoms with E-state index in [4.69, 9.17) is 56.8 Å². The maximum atomic E-state index is 7.03. The first kappa shape index (κ1) is 62.0. The molecule has 12 bridgehead atoms. The topological polar surface area (TPSA) is 124 Å². The molecule has 8 aromatic rings. The van der Waals surface area contributed by atoms with Crippen LogP contribution in [0.25, 0.3) is 0 Å². The first-order chi connectivity index (χ1) is 44.8. The van der Waals surface area contributed by atoms with E-state index in [1.165, 1.54) is 44.5 Å². The number of hydrogen-bond donors (Lipinski definition) is 0. The summed E-state index contributed by atoms with van der Waals surface area (Å²) in [5, 5.41) is 0. The molecule has 0 saturated heterocycles. The molecule has 8 heterocycles. The van der Waals surface area contributed by atoms with Gasteiger partial charge in [-0.05, 0) is 220 Å². The molecule has 16 rings (SSSR count). The van der Waals surface area contributed by atoms with Crippen LogP contribution < -0.4 is 56.8 Å². The number of hydrogen-bond acceptors (Lipinski definition) is 16. The second kappa shape index (κ2) is 26.4. The van der Waals surface area contributed by atoms with Crippen molar-refractivity contribution in [1.29, 1.82) is 0 Å². The standard InChI is InChI=1S/2C38H42N2O6/c2*1-39-15-13-25-20-32(42-4)34-22-28(25)29(39)17-23-7-10-27(11-8-23)45-33-19-24(9-12-31(33)41-3)18-30-36-26(14-16-40(30)2)21-35(43-5)37(44-6)38(36)46-34/h2*7-12,19-22,29-30H,13-18H2,1-6H3/t2*29-,30-/m00/s1. The van der Waals surface area contributed by atoms with Crippen LogP contribution in [0, 0.1) is 0 Å². The number of likely N-dealkylation sites (N-methyl/N-ethyl adjacent to an activating group) is 4. The highest BCUT2D eigenvalue weighted by Gasteiger charge is 2.38. The average Bonchev–Trinajstić information content (AvgIpc) is 0.776. The molecule has 0 amide bonds. The summed E-state index contributed by atoms with van der Waals surface area (Å²) in [7, 11) is 22.2. The van der Waals surface area contributed by atoms with Gasteiger partial charge in [-0.1, -0.05) is 36.4 Å². The van der Waals surface area contributed by atoms with Crippen LogP contribution in [-0.4, -0.2) is 131 Å². The Hall–Kier alpha value is -8.80. The third kappa shape index (κ3) is 11.9. The lowest BCUT2D eigenvalue weighted by Crippen LogP contribution is -2.34. The fourth-order valence-corrected chi connectivity index (χ4v) is 14.6. The molecule has 0 aromatic heterocycles. The molecule has 8 aliphatic heterocycles. The molecular weight excluding hydrogens is 1160 g/mol. The quantitative estimate of drug-likeness (QED) is 0.143. The van der Waals surface area contributed by atoms with Gasteiger partial charge in [0.15, 0.2) is 69.0 Å². The van der Waals surface area contributed by atoms with Crippen molar-refractivity contribution < 1.29 is 56.8 Å². The van der Waals surface area contributed by atoms with E-state index in [2.05, 4.69) is 133 Å². The molecule has 0 radical (unpaired) electrons. The smallest absolute Gasteiger partial charge is 0.204 e. The summed E-state index contributed by atoms with van der Waals surface area (Å²) in [5.41, 5.74) is 14.3. The highest BCUT2D eigenvalue weighted by Crippen LogP contribution is 2.55. The Morgan fingerprint density at radius 2 is 0.620 bits per heavy atom. The van der Waals surface area contributed by atoms with Crippen LogP contribution in [0.15, 0.2) is 121 Å². The Labute approximate surface area is 540 Å². The van der Waals surface area contributed by atoms with E-state index in [9.17, 15) is 0 Å². The Bertz CT molecular complexity index is 3770. The van der Waals surface area contributed by atoms with E-state index in [-0.39, 0.29) is 24.2 Å². The number of ether oxygens (including phenoxy) is 12. The first-order valence-electron chi connectivity index (χ1n) is 31.8. The zero-order valence-corrected chi connectivity index (χ0v) is 55.0. The molecule has 8 aliphatic rings. The van der Waals surface area contributed by atoms with E-state index in [1.807, 2.05) is 36.4 Å². The maximum absolute atomic E-state index is 7.03. The van der Waals surface area contributed by atoms with Crippen LogP contribution in [0.3, 0.4) is 0 Å². The van der Waals surface area contributed by atoms with E-state index in [1.54, 1.807) is 56.9 Å². The molecule has 8 aromatic carbocycles. The van der Waals surface area contributed by atoms with Gasteiger partial charge in [-0.25, -0.2) is 0 Å². The Morgan fingerprint density at radius 1 is 0.304 bits per heavy atom. The van der Waals surface area contributed by atoms with Crippen LogP contribution >= 0.6 is 0 Å². The third-order valence-corrected chi connectivity index (χ3v) is 19.7. The minimum absolute atomic E-state index is 0.000437. The van der Waals surface area contributed by atoms with Crippen molar-refractivity contribution in [3.05, 3.63) is 188 Å². The molecule has 480 valence electrons. The van der Waals surface area contributed by atoms with Gasteiger partial charge in [-0.2, -0.15) is 0 Å². The lowest BCUT2D eigenvalue weighted by atomic mass is 9.87. The predicted molar refractivity (Wildman–Crippen MR) is 355 cm³/mol. The van der Waals surface area contributed by atoms with Gasteiger partial charge in [0.1, 0.15) is 11.5 Å². The summed E-state index contributed by atoms with van der Waals surface area (Å²) in [6.45, 7) is 3.72. The van der Waals surface area contributed by atoms with E-state index < -0.39 is 0 Å².